The van der Waals surface area contributed by atoms with Gasteiger partial charge in [-0.3, -0.25) is 0 Å². The lowest BCUT2D eigenvalue weighted by atomic mass is 10.1. The van der Waals surface area contributed by atoms with E-state index in [4.69, 9.17) is 0 Å². The summed E-state index contributed by atoms with van der Waals surface area (Å²) in [5.74, 6) is 1.07. The molecule has 2 heterocycles. The van der Waals surface area contributed by atoms with Crippen LogP contribution >= 0.6 is 15.9 Å². The lowest BCUT2D eigenvalue weighted by Crippen LogP contribution is -1.95. The van der Waals surface area contributed by atoms with E-state index in [-0.39, 0.29) is 0 Å². The third-order valence-corrected chi connectivity index (χ3v) is 3.32. The monoisotopic (exact) mass is 286 g/mol. The number of hydrogen-bond donors (Lipinski definition) is 0. The molecule has 0 amide bonds. The number of imidazole rings is 1. The molecule has 3 heteroatoms. The number of halogens is 1. The maximum atomic E-state index is 4.46. The maximum Gasteiger partial charge on any atom is 0.117 e. The first kappa shape index (κ1) is 10.5. The molecule has 0 bridgehead atoms. The number of aromatic nitrogens is 2. The number of rotatable bonds is 2. The molecule has 0 aliphatic heterocycles. The maximum absolute atomic E-state index is 4.46. The van der Waals surface area contributed by atoms with Gasteiger partial charge in [0.15, 0.2) is 0 Å². The fourth-order valence-electron chi connectivity index (χ4n) is 1.92. The average molecular weight is 287 g/mol. The molecule has 0 spiro atoms. The second kappa shape index (κ2) is 4.34. The number of benzene rings is 1. The van der Waals surface area contributed by atoms with Gasteiger partial charge in [-0.05, 0) is 29.8 Å². The summed E-state index contributed by atoms with van der Waals surface area (Å²) in [4.78, 5) is 4.46. The van der Waals surface area contributed by atoms with Crippen molar-refractivity contribution in [2.24, 2.45) is 0 Å². The van der Waals surface area contributed by atoms with Crippen molar-refractivity contribution < 1.29 is 0 Å². The number of nitrogens with zero attached hydrogens (tertiary/aromatic N) is 2. The first-order valence-electron chi connectivity index (χ1n) is 5.48. The van der Waals surface area contributed by atoms with E-state index in [1.165, 1.54) is 5.56 Å². The van der Waals surface area contributed by atoms with Gasteiger partial charge < -0.3 is 4.40 Å². The van der Waals surface area contributed by atoms with E-state index >= 15 is 0 Å². The Bertz CT molecular complexity index is 641. The Balaban J connectivity index is 1.97. The van der Waals surface area contributed by atoms with Crippen molar-refractivity contribution in [1.82, 2.24) is 9.38 Å². The standard InChI is InChI=1S/C14H11BrN2/c15-12-6-4-11(5-7-12)9-14-16-10-13-3-1-2-8-17(13)14/h1-8,10H,9H2. The zero-order valence-electron chi connectivity index (χ0n) is 9.18. The van der Waals surface area contributed by atoms with Crippen LogP contribution in [0.4, 0.5) is 0 Å². The molecule has 2 nitrogen and oxygen atoms in total. The summed E-state index contributed by atoms with van der Waals surface area (Å²) < 4.78 is 3.23. The predicted molar refractivity (Wildman–Crippen MR) is 72.1 cm³/mol. The van der Waals surface area contributed by atoms with E-state index in [0.29, 0.717) is 0 Å². The third kappa shape index (κ3) is 2.11. The minimum absolute atomic E-state index is 0.853. The van der Waals surface area contributed by atoms with E-state index in [1.54, 1.807) is 0 Å². The van der Waals surface area contributed by atoms with Crippen LogP contribution in [0, 0.1) is 0 Å². The van der Waals surface area contributed by atoms with Crippen molar-refractivity contribution in [3.8, 4) is 0 Å². The third-order valence-electron chi connectivity index (χ3n) is 2.79. The summed E-state index contributed by atoms with van der Waals surface area (Å²) in [6.07, 6.45) is 4.82. The van der Waals surface area contributed by atoms with Crippen LogP contribution in [0.3, 0.4) is 0 Å². The van der Waals surface area contributed by atoms with Crippen LogP contribution in [-0.4, -0.2) is 9.38 Å². The van der Waals surface area contributed by atoms with Gasteiger partial charge in [-0.1, -0.05) is 34.1 Å². The van der Waals surface area contributed by atoms with Gasteiger partial charge in [-0.25, -0.2) is 4.98 Å². The summed E-state index contributed by atoms with van der Waals surface area (Å²) in [5.41, 5.74) is 2.41. The van der Waals surface area contributed by atoms with E-state index in [9.17, 15) is 0 Å². The average Bonchev–Trinajstić information content (AvgIpc) is 2.76. The number of fused-ring (bicyclic) bond motifs is 1. The summed E-state index contributed by atoms with van der Waals surface area (Å²) in [7, 11) is 0. The van der Waals surface area contributed by atoms with Gasteiger partial charge in [-0.15, -0.1) is 0 Å². The molecule has 0 saturated heterocycles. The van der Waals surface area contributed by atoms with Crippen molar-refractivity contribution in [3.63, 3.8) is 0 Å². The largest absolute Gasteiger partial charge is 0.303 e. The van der Waals surface area contributed by atoms with E-state index in [1.807, 2.05) is 18.3 Å². The van der Waals surface area contributed by atoms with Crippen molar-refractivity contribution in [3.05, 3.63) is 70.7 Å². The predicted octanol–water partition coefficient (Wildman–Crippen LogP) is 3.69. The summed E-state index contributed by atoms with van der Waals surface area (Å²) in [5, 5.41) is 0. The minimum atomic E-state index is 0.853. The van der Waals surface area contributed by atoms with Gasteiger partial charge in [-0.2, -0.15) is 0 Å². The molecule has 17 heavy (non-hydrogen) atoms. The smallest absolute Gasteiger partial charge is 0.117 e. The quantitative estimate of drug-likeness (QED) is 0.702. The molecule has 0 aliphatic rings. The number of pyridine rings is 1. The fourth-order valence-corrected chi connectivity index (χ4v) is 2.18. The second-order valence-corrected chi connectivity index (χ2v) is 4.89. The van der Waals surface area contributed by atoms with Crippen LogP contribution in [0.25, 0.3) is 5.52 Å². The number of hydrogen-bond acceptors (Lipinski definition) is 1. The molecule has 2 aromatic heterocycles. The molecule has 0 aliphatic carbocycles. The van der Waals surface area contributed by atoms with Crippen molar-refractivity contribution >= 4 is 21.4 Å². The van der Waals surface area contributed by atoms with Crippen molar-refractivity contribution in [1.29, 1.82) is 0 Å². The molecule has 0 saturated carbocycles. The highest BCUT2D eigenvalue weighted by Crippen LogP contribution is 2.14. The first-order valence-corrected chi connectivity index (χ1v) is 6.28. The SMILES string of the molecule is Brc1ccc(Cc2ncc3ccccn23)cc1. The Hall–Kier alpha value is -1.61. The normalized spacial score (nSPS) is 10.9. The molecule has 0 N–H and O–H groups in total. The highest BCUT2D eigenvalue weighted by molar-refractivity contribution is 9.10. The Morgan fingerprint density at radius 3 is 2.71 bits per heavy atom. The van der Waals surface area contributed by atoms with E-state index in [2.05, 4.69) is 61.8 Å². The second-order valence-electron chi connectivity index (χ2n) is 3.97. The molecule has 0 radical (unpaired) electrons. The minimum Gasteiger partial charge on any atom is -0.303 e. The Morgan fingerprint density at radius 1 is 1.06 bits per heavy atom. The Morgan fingerprint density at radius 2 is 1.88 bits per heavy atom. The molecule has 0 atom stereocenters. The van der Waals surface area contributed by atoms with Crippen LogP contribution in [0.15, 0.2) is 59.3 Å². The van der Waals surface area contributed by atoms with Crippen LogP contribution in [0.1, 0.15) is 11.4 Å². The van der Waals surface area contributed by atoms with Gasteiger partial charge in [0.2, 0.25) is 0 Å². The zero-order chi connectivity index (χ0) is 11.7. The molecule has 3 aromatic rings. The van der Waals surface area contributed by atoms with E-state index in [0.717, 1.165) is 22.2 Å². The van der Waals surface area contributed by atoms with Gasteiger partial charge in [0, 0.05) is 17.1 Å². The van der Waals surface area contributed by atoms with Gasteiger partial charge in [0.25, 0.3) is 0 Å². The molecule has 3 rings (SSSR count). The van der Waals surface area contributed by atoms with Crippen molar-refractivity contribution in [2.75, 3.05) is 0 Å². The molecular weight excluding hydrogens is 276 g/mol. The van der Waals surface area contributed by atoms with Gasteiger partial charge in [0.1, 0.15) is 5.82 Å². The Kier molecular flexibility index (Phi) is 2.69. The topological polar surface area (TPSA) is 17.3 Å². The molecule has 1 aromatic carbocycles. The van der Waals surface area contributed by atoms with Crippen LogP contribution in [0.2, 0.25) is 0 Å². The van der Waals surface area contributed by atoms with Crippen LogP contribution < -0.4 is 0 Å². The van der Waals surface area contributed by atoms with Crippen molar-refractivity contribution in [2.45, 2.75) is 6.42 Å². The summed E-state index contributed by atoms with van der Waals surface area (Å²) >= 11 is 3.44. The first-order chi connectivity index (χ1) is 8.33. The van der Waals surface area contributed by atoms with Gasteiger partial charge in [0.05, 0.1) is 11.7 Å². The highest BCUT2D eigenvalue weighted by atomic mass is 79.9. The van der Waals surface area contributed by atoms with E-state index < -0.39 is 0 Å². The summed E-state index contributed by atoms with van der Waals surface area (Å²) in [6.45, 7) is 0. The zero-order valence-corrected chi connectivity index (χ0v) is 10.8. The van der Waals surface area contributed by atoms with Gasteiger partial charge >= 0.3 is 0 Å². The fraction of sp³-hybridized carbons (Fsp3) is 0.0714. The lowest BCUT2D eigenvalue weighted by Gasteiger charge is -2.01. The molecule has 0 unspecified atom stereocenters. The lowest BCUT2D eigenvalue weighted by molar-refractivity contribution is 0.961. The van der Waals surface area contributed by atoms with Crippen LogP contribution in [0.5, 0.6) is 0 Å². The van der Waals surface area contributed by atoms with Crippen LogP contribution in [-0.2, 0) is 6.42 Å². The Labute approximate surface area is 108 Å². The molecule has 0 fully saturated rings. The molecule has 84 valence electrons. The highest BCUT2D eigenvalue weighted by Gasteiger charge is 2.03. The summed E-state index contributed by atoms with van der Waals surface area (Å²) in [6, 6.07) is 14.5. The molecular formula is C14H11BrN2.